The number of phenolic OH excluding ortho intramolecular Hbond substituents is 2. The summed E-state index contributed by atoms with van der Waals surface area (Å²) in [6.07, 6.45) is 1.36. The summed E-state index contributed by atoms with van der Waals surface area (Å²) in [6.45, 7) is 0. The largest absolute Gasteiger partial charge is 0.502 e. The Kier molecular flexibility index (Phi) is 4.24. The molecule has 1 aliphatic heterocycles. The van der Waals surface area contributed by atoms with Gasteiger partial charge in [-0.1, -0.05) is 12.1 Å². The lowest BCUT2D eigenvalue weighted by molar-refractivity contribution is -0.386. The third-order valence-electron chi connectivity index (χ3n) is 4.34. The number of nitro groups is 2. The van der Waals surface area contributed by atoms with E-state index >= 15 is 0 Å². The van der Waals surface area contributed by atoms with Gasteiger partial charge in [-0.25, -0.2) is 0 Å². The van der Waals surface area contributed by atoms with Crippen LogP contribution in [0.15, 0.2) is 36.4 Å². The van der Waals surface area contributed by atoms with Crippen molar-refractivity contribution < 1.29 is 20.1 Å². The van der Waals surface area contributed by atoms with Crippen LogP contribution in [0.1, 0.15) is 36.1 Å². The average molecular weight is 345 g/mol. The van der Waals surface area contributed by atoms with E-state index in [1.165, 1.54) is 24.3 Å². The van der Waals surface area contributed by atoms with E-state index in [0.29, 0.717) is 24.0 Å². The minimum atomic E-state index is -0.644. The zero-order valence-corrected chi connectivity index (χ0v) is 13.0. The second-order valence-electron chi connectivity index (χ2n) is 5.86. The number of hydrogen-bond acceptors (Lipinski definition) is 7. The van der Waals surface area contributed by atoms with Gasteiger partial charge in [-0.05, 0) is 36.1 Å². The van der Waals surface area contributed by atoms with Crippen LogP contribution in [-0.4, -0.2) is 20.1 Å². The normalized spacial score (nSPS) is 19.7. The minimum Gasteiger partial charge on any atom is -0.502 e. The van der Waals surface area contributed by atoms with E-state index in [4.69, 9.17) is 0 Å². The maximum atomic E-state index is 10.9. The van der Waals surface area contributed by atoms with E-state index in [-0.39, 0.29) is 23.5 Å². The second kappa shape index (κ2) is 6.36. The predicted octanol–water partition coefficient (Wildman–Crippen LogP) is 3.08. The topological polar surface area (TPSA) is 139 Å². The first-order valence-corrected chi connectivity index (χ1v) is 7.57. The van der Waals surface area contributed by atoms with Crippen molar-refractivity contribution >= 4 is 11.4 Å². The van der Waals surface area contributed by atoms with E-state index in [1.807, 2.05) is 0 Å². The summed E-state index contributed by atoms with van der Waals surface area (Å²) in [6, 6.07) is 8.11. The Labute approximate surface area is 141 Å². The standard InChI is InChI=1S/C16H15N3O6/c20-15-5-1-9(7-13(15)18(22)23)11-3-4-12(17-11)10-2-6-16(21)14(8-10)19(24)25/h1-2,5-8,11-12,17,20-21H,3-4H2. The summed E-state index contributed by atoms with van der Waals surface area (Å²) in [5.74, 6) is -0.782. The molecule has 1 fully saturated rings. The summed E-state index contributed by atoms with van der Waals surface area (Å²) >= 11 is 0. The molecule has 0 radical (unpaired) electrons. The van der Waals surface area contributed by atoms with Gasteiger partial charge in [0.05, 0.1) is 9.85 Å². The highest BCUT2D eigenvalue weighted by atomic mass is 16.6. The zero-order valence-electron chi connectivity index (χ0n) is 13.0. The molecule has 130 valence electrons. The van der Waals surface area contributed by atoms with Crippen LogP contribution >= 0.6 is 0 Å². The molecule has 1 aliphatic rings. The average Bonchev–Trinajstić information content (AvgIpc) is 3.05. The van der Waals surface area contributed by atoms with Crippen LogP contribution < -0.4 is 5.32 Å². The summed E-state index contributed by atoms with van der Waals surface area (Å²) in [5.41, 5.74) is 0.617. The van der Waals surface area contributed by atoms with Crippen LogP contribution in [0.5, 0.6) is 11.5 Å². The van der Waals surface area contributed by atoms with Gasteiger partial charge >= 0.3 is 11.4 Å². The fraction of sp³-hybridized carbons (Fsp3) is 0.250. The van der Waals surface area contributed by atoms with Gasteiger partial charge < -0.3 is 15.5 Å². The Morgan fingerprint density at radius 2 is 1.24 bits per heavy atom. The summed E-state index contributed by atoms with van der Waals surface area (Å²) in [5, 5.41) is 44.3. The maximum Gasteiger partial charge on any atom is 0.311 e. The Bertz CT molecular complexity index is 784. The highest BCUT2D eigenvalue weighted by Gasteiger charge is 2.29. The molecule has 1 saturated heterocycles. The lowest BCUT2D eigenvalue weighted by Crippen LogP contribution is -2.17. The zero-order chi connectivity index (χ0) is 18.1. The molecule has 2 aromatic rings. The van der Waals surface area contributed by atoms with Crippen LogP contribution in [0, 0.1) is 20.2 Å². The van der Waals surface area contributed by atoms with Gasteiger partial charge in [0.25, 0.3) is 0 Å². The summed E-state index contributed by atoms with van der Waals surface area (Å²) in [7, 11) is 0. The lowest BCUT2D eigenvalue weighted by atomic mass is 10.0. The number of nitrogens with zero attached hydrogens (tertiary/aromatic N) is 2. The second-order valence-corrected chi connectivity index (χ2v) is 5.86. The van der Waals surface area contributed by atoms with Gasteiger partial charge in [0.15, 0.2) is 11.5 Å². The first-order chi connectivity index (χ1) is 11.9. The lowest BCUT2D eigenvalue weighted by Gasteiger charge is -2.15. The van der Waals surface area contributed by atoms with Crippen molar-refractivity contribution in [3.05, 3.63) is 67.8 Å². The van der Waals surface area contributed by atoms with Crippen molar-refractivity contribution in [1.82, 2.24) is 5.32 Å². The Morgan fingerprint density at radius 1 is 0.840 bits per heavy atom. The molecule has 2 atom stereocenters. The van der Waals surface area contributed by atoms with Gasteiger partial charge in [0.2, 0.25) is 0 Å². The number of aromatic hydroxyl groups is 2. The molecule has 3 N–H and O–H groups in total. The molecule has 1 heterocycles. The number of nitrogens with one attached hydrogen (secondary N) is 1. The molecule has 0 bridgehead atoms. The van der Waals surface area contributed by atoms with Crippen molar-refractivity contribution in [3.63, 3.8) is 0 Å². The van der Waals surface area contributed by atoms with Crippen molar-refractivity contribution in [1.29, 1.82) is 0 Å². The Balaban J connectivity index is 1.83. The molecular weight excluding hydrogens is 330 g/mol. The molecule has 3 rings (SSSR count). The molecule has 9 nitrogen and oxygen atoms in total. The molecule has 2 aromatic carbocycles. The number of nitro benzene ring substituents is 2. The molecular formula is C16H15N3O6. The first kappa shape index (κ1) is 16.7. The maximum absolute atomic E-state index is 10.9. The van der Waals surface area contributed by atoms with E-state index in [1.54, 1.807) is 12.1 Å². The fourth-order valence-electron chi connectivity index (χ4n) is 3.08. The number of phenols is 2. The van der Waals surface area contributed by atoms with Gasteiger partial charge in [0.1, 0.15) is 0 Å². The summed E-state index contributed by atoms with van der Waals surface area (Å²) < 4.78 is 0. The SMILES string of the molecule is O=[N+]([O-])c1cc(C2CCC(c3ccc(O)c([N+](=O)[O-])c3)N2)ccc1O. The van der Waals surface area contributed by atoms with Crippen molar-refractivity contribution in [2.45, 2.75) is 24.9 Å². The van der Waals surface area contributed by atoms with Crippen LogP contribution in [-0.2, 0) is 0 Å². The Morgan fingerprint density at radius 3 is 1.60 bits per heavy atom. The van der Waals surface area contributed by atoms with Gasteiger partial charge in [0, 0.05) is 24.2 Å². The molecule has 0 saturated carbocycles. The predicted molar refractivity (Wildman–Crippen MR) is 87.4 cm³/mol. The van der Waals surface area contributed by atoms with Crippen molar-refractivity contribution in [2.75, 3.05) is 0 Å². The van der Waals surface area contributed by atoms with Gasteiger partial charge in [-0.15, -0.1) is 0 Å². The third-order valence-corrected chi connectivity index (χ3v) is 4.34. The molecule has 0 spiro atoms. The number of rotatable bonds is 4. The highest BCUT2D eigenvalue weighted by Crippen LogP contribution is 2.39. The van der Waals surface area contributed by atoms with Gasteiger partial charge in [-0.2, -0.15) is 0 Å². The van der Waals surface area contributed by atoms with Gasteiger partial charge in [-0.3, -0.25) is 20.2 Å². The van der Waals surface area contributed by atoms with Crippen LogP contribution in [0.4, 0.5) is 11.4 Å². The molecule has 9 heteroatoms. The molecule has 0 aliphatic carbocycles. The van der Waals surface area contributed by atoms with E-state index < -0.39 is 21.3 Å². The highest BCUT2D eigenvalue weighted by molar-refractivity contribution is 5.50. The monoisotopic (exact) mass is 345 g/mol. The van der Waals surface area contributed by atoms with Crippen molar-refractivity contribution in [3.8, 4) is 11.5 Å². The summed E-state index contributed by atoms with van der Waals surface area (Å²) in [4.78, 5) is 20.6. The number of hydrogen-bond donors (Lipinski definition) is 3. The number of benzene rings is 2. The van der Waals surface area contributed by atoms with Crippen LogP contribution in [0.3, 0.4) is 0 Å². The molecule has 0 aromatic heterocycles. The van der Waals surface area contributed by atoms with Crippen LogP contribution in [0.2, 0.25) is 0 Å². The van der Waals surface area contributed by atoms with E-state index in [9.17, 15) is 30.4 Å². The third kappa shape index (κ3) is 3.22. The quantitative estimate of drug-likeness (QED) is 0.571. The fourth-order valence-corrected chi connectivity index (χ4v) is 3.08. The molecule has 25 heavy (non-hydrogen) atoms. The molecule has 2 unspecified atom stereocenters. The smallest absolute Gasteiger partial charge is 0.311 e. The van der Waals surface area contributed by atoms with Crippen molar-refractivity contribution in [2.24, 2.45) is 0 Å². The van der Waals surface area contributed by atoms with Crippen LogP contribution in [0.25, 0.3) is 0 Å². The van der Waals surface area contributed by atoms with E-state index in [2.05, 4.69) is 5.32 Å². The molecule has 0 amide bonds. The Hall–Kier alpha value is -3.20. The minimum absolute atomic E-state index is 0.169. The van der Waals surface area contributed by atoms with E-state index in [0.717, 1.165) is 0 Å². The first-order valence-electron chi connectivity index (χ1n) is 7.57.